The minimum absolute atomic E-state index is 0.0892. The fourth-order valence-electron chi connectivity index (χ4n) is 2.18. The largest absolute Gasteiger partial charge is 0.376 e. The molecular weight excluding hydrogens is 406 g/mol. The molecule has 0 aliphatic heterocycles. The number of nitrogens with one attached hydrogen (secondary N) is 3. The molecular formula is C18H19BrClN3O2. The summed E-state index contributed by atoms with van der Waals surface area (Å²) in [6.07, 6.45) is 0. The van der Waals surface area contributed by atoms with E-state index < -0.39 is 0 Å². The highest BCUT2D eigenvalue weighted by molar-refractivity contribution is 9.10. The van der Waals surface area contributed by atoms with E-state index in [4.69, 9.17) is 11.6 Å². The summed E-state index contributed by atoms with van der Waals surface area (Å²) >= 11 is 9.41. The Balaban J connectivity index is 1.79. The van der Waals surface area contributed by atoms with Gasteiger partial charge in [-0.1, -0.05) is 33.6 Å². The van der Waals surface area contributed by atoms with Crippen molar-refractivity contribution in [1.82, 2.24) is 5.32 Å². The van der Waals surface area contributed by atoms with Gasteiger partial charge in [0.2, 0.25) is 11.8 Å². The molecule has 7 heteroatoms. The summed E-state index contributed by atoms with van der Waals surface area (Å²) in [5.74, 6) is -0.571. The minimum atomic E-state index is -0.307. The van der Waals surface area contributed by atoms with E-state index in [0.717, 1.165) is 21.3 Å². The van der Waals surface area contributed by atoms with Gasteiger partial charge in [-0.2, -0.15) is 0 Å². The molecule has 0 aliphatic carbocycles. The number of aryl methyl sites for hydroxylation is 1. The third kappa shape index (κ3) is 5.76. The van der Waals surface area contributed by atoms with Crippen LogP contribution in [0, 0.1) is 13.8 Å². The van der Waals surface area contributed by atoms with Gasteiger partial charge in [-0.25, -0.2) is 0 Å². The van der Waals surface area contributed by atoms with E-state index >= 15 is 0 Å². The molecule has 2 aromatic carbocycles. The molecule has 0 aliphatic rings. The quantitative estimate of drug-likeness (QED) is 0.659. The van der Waals surface area contributed by atoms with E-state index in [-0.39, 0.29) is 24.9 Å². The highest BCUT2D eigenvalue weighted by atomic mass is 79.9. The van der Waals surface area contributed by atoms with Gasteiger partial charge < -0.3 is 16.0 Å². The summed E-state index contributed by atoms with van der Waals surface area (Å²) < 4.78 is 0.980. The van der Waals surface area contributed by atoms with Gasteiger partial charge in [0.25, 0.3) is 0 Å². The Morgan fingerprint density at radius 2 is 1.80 bits per heavy atom. The number of anilines is 2. The normalized spacial score (nSPS) is 10.2. The van der Waals surface area contributed by atoms with E-state index in [1.165, 1.54) is 0 Å². The van der Waals surface area contributed by atoms with Crippen molar-refractivity contribution in [2.75, 3.05) is 23.7 Å². The number of carbonyl (C=O) groups is 2. The smallest absolute Gasteiger partial charge is 0.243 e. The van der Waals surface area contributed by atoms with Crippen LogP contribution in [0.3, 0.4) is 0 Å². The van der Waals surface area contributed by atoms with Crippen molar-refractivity contribution in [2.45, 2.75) is 13.8 Å². The molecule has 132 valence electrons. The Labute approximate surface area is 160 Å². The number of carbonyl (C=O) groups excluding carboxylic acids is 2. The number of hydrogen-bond donors (Lipinski definition) is 3. The molecule has 0 bridgehead atoms. The van der Waals surface area contributed by atoms with Crippen LogP contribution in [-0.4, -0.2) is 24.9 Å². The van der Waals surface area contributed by atoms with Crippen LogP contribution < -0.4 is 16.0 Å². The molecule has 0 fully saturated rings. The lowest BCUT2D eigenvalue weighted by Gasteiger charge is -2.12. The Bertz CT molecular complexity index is 796. The predicted octanol–water partition coefficient (Wildman–Crippen LogP) is 3.89. The van der Waals surface area contributed by atoms with Crippen molar-refractivity contribution in [3.05, 3.63) is 57.0 Å². The topological polar surface area (TPSA) is 70.2 Å². The van der Waals surface area contributed by atoms with E-state index in [1.807, 2.05) is 32.0 Å². The fraction of sp³-hybridized carbons (Fsp3) is 0.222. The fourth-order valence-corrected chi connectivity index (χ4v) is 2.83. The summed E-state index contributed by atoms with van der Waals surface area (Å²) in [5.41, 5.74) is 3.32. The van der Waals surface area contributed by atoms with Crippen LogP contribution in [0.15, 0.2) is 40.9 Å². The second-order valence-electron chi connectivity index (χ2n) is 5.55. The Hall–Kier alpha value is -2.05. The van der Waals surface area contributed by atoms with Crippen molar-refractivity contribution >= 4 is 50.7 Å². The first-order valence-corrected chi connectivity index (χ1v) is 8.85. The zero-order valence-electron chi connectivity index (χ0n) is 14.0. The molecule has 0 radical (unpaired) electrons. The van der Waals surface area contributed by atoms with Crippen LogP contribution in [0.4, 0.5) is 11.4 Å². The zero-order valence-corrected chi connectivity index (χ0v) is 16.3. The van der Waals surface area contributed by atoms with Crippen molar-refractivity contribution in [3.8, 4) is 0 Å². The zero-order chi connectivity index (χ0) is 18.4. The lowest BCUT2D eigenvalue weighted by molar-refractivity contribution is -0.122. The van der Waals surface area contributed by atoms with Crippen molar-refractivity contribution in [1.29, 1.82) is 0 Å². The molecule has 0 aromatic heterocycles. The van der Waals surface area contributed by atoms with Gasteiger partial charge in [-0.05, 0) is 55.3 Å². The van der Waals surface area contributed by atoms with E-state index in [1.54, 1.807) is 18.2 Å². The lowest BCUT2D eigenvalue weighted by Crippen LogP contribution is -2.36. The van der Waals surface area contributed by atoms with E-state index in [9.17, 15) is 9.59 Å². The molecule has 0 atom stereocenters. The maximum atomic E-state index is 12.0. The monoisotopic (exact) mass is 423 g/mol. The summed E-state index contributed by atoms with van der Waals surface area (Å²) in [6.45, 7) is 3.75. The highest BCUT2D eigenvalue weighted by Crippen LogP contribution is 2.22. The number of halogens is 2. The molecule has 2 rings (SSSR count). The Morgan fingerprint density at radius 3 is 2.52 bits per heavy atom. The number of amides is 2. The molecule has 0 heterocycles. The van der Waals surface area contributed by atoms with E-state index in [0.29, 0.717) is 10.7 Å². The first-order chi connectivity index (χ1) is 11.9. The maximum Gasteiger partial charge on any atom is 0.243 e. The first-order valence-electron chi connectivity index (χ1n) is 7.68. The molecule has 0 spiro atoms. The van der Waals surface area contributed by atoms with Gasteiger partial charge >= 0.3 is 0 Å². The molecule has 0 unspecified atom stereocenters. The van der Waals surface area contributed by atoms with Gasteiger partial charge in [0.05, 0.1) is 13.1 Å². The third-order valence-electron chi connectivity index (χ3n) is 3.62. The number of rotatable bonds is 6. The van der Waals surface area contributed by atoms with E-state index in [2.05, 4.69) is 31.9 Å². The predicted molar refractivity (Wildman–Crippen MR) is 105 cm³/mol. The SMILES string of the molecule is Cc1cc(Br)ccc1NCC(=O)NCC(=O)Nc1cccc(Cl)c1C. The molecule has 2 amide bonds. The van der Waals surface area contributed by atoms with Gasteiger partial charge in [0, 0.05) is 20.9 Å². The second kappa shape index (κ2) is 8.87. The van der Waals surface area contributed by atoms with Crippen LogP contribution in [0.2, 0.25) is 5.02 Å². The summed E-state index contributed by atoms with van der Waals surface area (Å²) in [6, 6.07) is 11.0. The number of benzene rings is 2. The molecule has 2 aromatic rings. The molecule has 0 saturated heterocycles. The van der Waals surface area contributed by atoms with Gasteiger partial charge in [0.15, 0.2) is 0 Å². The minimum Gasteiger partial charge on any atom is -0.376 e. The lowest BCUT2D eigenvalue weighted by atomic mass is 10.2. The van der Waals surface area contributed by atoms with Crippen LogP contribution in [-0.2, 0) is 9.59 Å². The second-order valence-corrected chi connectivity index (χ2v) is 6.87. The van der Waals surface area contributed by atoms with Crippen LogP contribution >= 0.6 is 27.5 Å². The van der Waals surface area contributed by atoms with Crippen molar-refractivity contribution < 1.29 is 9.59 Å². The summed E-state index contributed by atoms with van der Waals surface area (Å²) in [7, 11) is 0. The van der Waals surface area contributed by atoms with Crippen LogP contribution in [0.25, 0.3) is 0 Å². The Morgan fingerprint density at radius 1 is 1.04 bits per heavy atom. The molecule has 5 nitrogen and oxygen atoms in total. The molecule has 0 saturated carbocycles. The third-order valence-corrected chi connectivity index (χ3v) is 4.52. The molecule has 25 heavy (non-hydrogen) atoms. The van der Waals surface area contributed by atoms with Gasteiger partial charge in [-0.15, -0.1) is 0 Å². The maximum absolute atomic E-state index is 12.0. The average molecular weight is 425 g/mol. The van der Waals surface area contributed by atoms with Crippen molar-refractivity contribution in [2.24, 2.45) is 0 Å². The first kappa shape index (κ1) is 19.3. The van der Waals surface area contributed by atoms with Gasteiger partial charge in [0.1, 0.15) is 0 Å². The summed E-state index contributed by atoms with van der Waals surface area (Å²) in [4.78, 5) is 23.8. The summed E-state index contributed by atoms with van der Waals surface area (Å²) in [5, 5.41) is 8.94. The standard InChI is InChI=1S/C18H19BrClN3O2/c1-11-8-13(19)6-7-15(11)21-9-17(24)22-10-18(25)23-16-5-3-4-14(20)12(16)2/h3-8,21H,9-10H2,1-2H3,(H,22,24)(H,23,25). The van der Waals surface area contributed by atoms with Crippen LogP contribution in [0.1, 0.15) is 11.1 Å². The molecule has 3 N–H and O–H groups in total. The highest BCUT2D eigenvalue weighted by Gasteiger charge is 2.09. The van der Waals surface area contributed by atoms with Crippen molar-refractivity contribution in [3.63, 3.8) is 0 Å². The Kier molecular flexibility index (Phi) is 6.84. The number of hydrogen-bond acceptors (Lipinski definition) is 3. The van der Waals surface area contributed by atoms with Gasteiger partial charge in [-0.3, -0.25) is 9.59 Å². The average Bonchev–Trinajstić information content (AvgIpc) is 2.56. The van der Waals surface area contributed by atoms with Crippen LogP contribution in [0.5, 0.6) is 0 Å².